The molecule has 0 bridgehead atoms. The lowest BCUT2D eigenvalue weighted by atomic mass is 10.0. The molecule has 0 aliphatic heterocycles. The van der Waals surface area contributed by atoms with Gasteiger partial charge in [0.25, 0.3) is 0 Å². The van der Waals surface area contributed by atoms with Gasteiger partial charge in [-0.2, -0.15) is 5.10 Å². The van der Waals surface area contributed by atoms with E-state index in [2.05, 4.69) is 10.4 Å². The van der Waals surface area contributed by atoms with E-state index in [9.17, 15) is 4.79 Å². The summed E-state index contributed by atoms with van der Waals surface area (Å²) in [5.41, 5.74) is 0.200. The van der Waals surface area contributed by atoms with E-state index in [1.165, 1.54) is 7.11 Å². The van der Waals surface area contributed by atoms with Crippen molar-refractivity contribution in [2.24, 2.45) is 0 Å². The van der Waals surface area contributed by atoms with E-state index >= 15 is 0 Å². The number of methoxy groups -OCH3 is 1. The largest absolute Gasteiger partial charge is 0.468 e. The number of nitrogens with zero attached hydrogens (tertiary/aromatic N) is 2. The quantitative estimate of drug-likeness (QED) is 0.751. The molecule has 5 heteroatoms. The number of nitrogens with one attached hydrogen (secondary N) is 1. The minimum Gasteiger partial charge on any atom is -0.468 e. The molecule has 90 valence electrons. The maximum Gasteiger partial charge on any atom is 0.327 e. The first kappa shape index (κ1) is 12.7. The molecule has 0 fully saturated rings. The van der Waals surface area contributed by atoms with Crippen LogP contribution in [0.3, 0.4) is 0 Å². The number of likely N-dealkylation sites (N-methyl/N-ethyl adjacent to an activating group) is 1. The first-order valence-electron chi connectivity index (χ1n) is 5.35. The summed E-state index contributed by atoms with van der Waals surface area (Å²) in [6, 6.07) is 1.91. The van der Waals surface area contributed by atoms with Crippen LogP contribution in [-0.4, -0.2) is 34.9 Å². The monoisotopic (exact) mass is 225 g/mol. The smallest absolute Gasteiger partial charge is 0.327 e. The zero-order chi connectivity index (χ0) is 12.2. The molecule has 0 amide bonds. The van der Waals surface area contributed by atoms with Crippen molar-refractivity contribution in [3.05, 3.63) is 18.0 Å². The zero-order valence-electron chi connectivity index (χ0n) is 10.3. The van der Waals surface area contributed by atoms with E-state index in [1.54, 1.807) is 4.68 Å². The predicted octanol–water partition coefficient (Wildman–Crippen LogP) is 0.733. The van der Waals surface area contributed by atoms with Gasteiger partial charge in [-0.25, -0.2) is 4.79 Å². The summed E-state index contributed by atoms with van der Waals surface area (Å²) >= 11 is 0. The molecule has 1 heterocycles. The van der Waals surface area contributed by atoms with Crippen LogP contribution < -0.4 is 5.32 Å². The Morgan fingerprint density at radius 3 is 2.81 bits per heavy atom. The first-order valence-corrected chi connectivity index (χ1v) is 5.35. The van der Waals surface area contributed by atoms with Gasteiger partial charge in [-0.05, 0) is 26.5 Å². The van der Waals surface area contributed by atoms with Crippen LogP contribution >= 0.6 is 0 Å². The fourth-order valence-corrected chi connectivity index (χ4v) is 1.68. The highest BCUT2D eigenvalue weighted by Gasteiger charge is 2.34. The summed E-state index contributed by atoms with van der Waals surface area (Å²) in [5, 5.41) is 7.40. The molecule has 1 aromatic heterocycles. The van der Waals surface area contributed by atoms with Crippen LogP contribution in [0.5, 0.6) is 0 Å². The third-order valence-corrected chi connectivity index (χ3v) is 2.46. The van der Waals surface area contributed by atoms with Crippen LogP contribution in [0, 0.1) is 6.92 Å². The minimum atomic E-state index is -0.734. The second-order valence-corrected chi connectivity index (χ2v) is 4.01. The third-order valence-electron chi connectivity index (χ3n) is 2.46. The van der Waals surface area contributed by atoms with E-state index in [0.717, 1.165) is 5.69 Å². The van der Waals surface area contributed by atoms with Gasteiger partial charge < -0.3 is 10.1 Å². The lowest BCUT2D eigenvalue weighted by Crippen LogP contribution is -2.53. The molecule has 1 unspecified atom stereocenters. The van der Waals surface area contributed by atoms with Gasteiger partial charge >= 0.3 is 5.97 Å². The summed E-state index contributed by atoms with van der Waals surface area (Å²) in [4.78, 5) is 11.7. The summed E-state index contributed by atoms with van der Waals surface area (Å²) in [5.74, 6) is -0.275. The van der Waals surface area contributed by atoms with Crippen molar-refractivity contribution in [3.63, 3.8) is 0 Å². The molecule has 5 nitrogen and oxygen atoms in total. The van der Waals surface area contributed by atoms with Crippen LogP contribution in [0.1, 0.15) is 19.5 Å². The van der Waals surface area contributed by atoms with Crippen molar-refractivity contribution >= 4 is 5.97 Å². The van der Waals surface area contributed by atoms with Gasteiger partial charge in [0.05, 0.1) is 19.3 Å². The molecule has 0 aliphatic carbocycles. The Morgan fingerprint density at radius 2 is 2.38 bits per heavy atom. The van der Waals surface area contributed by atoms with Gasteiger partial charge in [-0.3, -0.25) is 4.68 Å². The predicted molar refractivity (Wildman–Crippen MR) is 61.1 cm³/mol. The number of aromatic nitrogens is 2. The topological polar surface area (TPSA) is 56.2 Å². The highest BCUT2D eigenvalue weighted by atomic mass is 16.5. The molecule has 0 aliphatic rings. The lowest BCUT2D eigenvalue weighted by Gasteiger charge is -2.27. The lowest BCUT2D eigenvalue weighted by molar-refractivity contribution is -0.148. The highest BCUT2D eigenvalue weighted by Crippen LogP contribution is 2.10. The second kappa shape index (κ2) is 5.12. The van der Waals surface area contributed by atoms with E-state index < -0.39 is 5.54 Å². The molecule has 0 spiro atoms. The number of aryl methyl sites for hydroxylation is 1. The first-order chi connectivity index (χ1) is 7.51. The molecule has 1 aromatic rings. The molecule has 0 radical (unpaired) electrons. The van der Waals surface area contributed by atoms with Crippen molar-refractivity contribution in [2.45, 2.75) is 32.9 Å². The Kier molecular flexibility index (Phi) is 4.06. The standard InChI is InChI=1S/C11H19N3O2/c1-5-12-11(3,10(15)16-4)8-14-7-6-9(2)13-14/h6-7,12H,5,8H2,1-4H3. The molecule has 0 aromatic carbocycles. The Bertz CT molecular complexity index is 362. The van der Waals surface area contributed by atoms with Crippen LogP contribution in [0.4, 0.5) is 0 Å². The van der Waals surface area contributed by atoms with Gasteiger partial charge in [-0.1, -0.05) is 6.92 Å². The van der Waals surface area contributed by atoms with E-state index in [4.69, 9.17) is 4.74 Å². The van der Waals surface area contributed by atoms with Crippen LogP contribution in [-0.2, 0) is 16.1 Å². The van der Waals surface area contributed by atoms with E-state index in [-0.39, 0.29) is 5.97 Å². The number of carbonyl (C=O) groups is 1. The van der Waals surface area contributed by atoms with Gasteiger partial charge in [0, 0.05) is 6.20 Å². The van der Waals surface area contributed by atoms with Crippen LogP contribution in [0.25, 0.3) is 0 Å². The third kappa shape index (κ3) is 2.82. The Morgan fingerprint density at radius 1 is 1.69 bits per heavy atom. The van der Waals surface area contributed by atoms with Gasteiger partial charge in [0.15, 0.2) is 0 Å². The molecule has 1 rings (SSSR count). The normalized spacial score (nSPS) is 14.5. The number of hydrogen-bond acceptors (Lipinski definition) is 4. The number of ether oxygens (including phenoxy) is 1. The SMILES string of the molecule is CCNC(C)(Cn1ccc(C)n1)C(=O)OC. The molecule has 16 heavy (non-hydrogen) atoms. The minimum absolute atomic E-state index is 0.275. The molecule has 1 N–H and O–H groups in total. The van der Waals surface area contributed by atoms with Gasteiger partial charge in [0.2, 0.25) is 0 Å². The van der Waals surface area contributed by atoms with Gasteiger partial charge in [0.1, 0.15) is 5.54 Å². The summed E-state index contributed by atoms with van der Waals surface area (Å²) in [7, 11) is 1.40. The molecule has 0 saturated carbocycles. The Hall–Kier alpha value is -1.36. The summed E-state index contributed by atoms with van der Waals surface area (Å²) in [6.07, 6.45) is 1.86. The van der Waals surface area contributed by atoms with E-state index in [0.29, 0.717) is 13.1 Å². The zero-order valence-corrected chi connectivity index (χ0v) is 10.3. The number of esters is 1. The number of carbonyl (C=O) groups excluding carboxylic acids is 1. The van der Waals surface area contributed by atoms with E-state index in [1.807, 2.05) is 33.0 Å². The van der Waals surface area contributed by atoms with Crippen molar-refractivity contribution in [2.75, 3.05) is 13.7 Å². The summed E-state index contributed by atoms with van der Waals surface area (Å²) < 4.78 is 6.55. The second-order valence-electron chi connectivity index (χ2n) is 4.01. The molecule has 1 atom stereocenters. The van der Waals surface area contributed by atoms with Crippen LogP contribution in [0.2, 0.25) is 0 Å². The van der Waals surface area contributed by atoms with Crippen molar-refractivity contribution in [1.29, 1.82) is 0 Å². The number of rotatable bonds is 5. The Labute approximate surface area is 95.8 Å². The van der Waals surface area contributed by atoms with Crippen molar-refractivity contribution < 1.29 is 9.53 Å². The highest BCUT2D eigenvalue weighted by molar-refractivity contribution is 5.80. The van der Waals surface area contributed by atoms with Crippen LogP contribution in [0.15, 0.2) is 12.3 Å². The van der Waals surface area contributed by atoms with Crippen molar-refractivity contribution in [1.82, 2.24) is 15.1 Å². The van der Waals surface area contributed by atoms with Crippen molar-refractivity contribution in [3.8, 4) is 0 Å². The molecule has 0 saturated heterocycles. The maximum atomic E-state index is 11.7. The summed E-state index contributed by atoms with van der Waals surface area (Å²) in [6.45, 7) is 6.85. The fraction of sp³-hybridized carbons (Fsp3) is 0.636. The molecular weight excluding hydrogens is 206 g/mol. The average molecular weight is 225 g/mol. The maximum absolute atomic E-state index is 11.7. The van der Waals surface area contributed by atoms with Gasteiger partial charge in [-0.15, -0.1) is 0 Å². The average Bonchev–Trinajstić information content (AvgIpc) is 2.62. The molecular formula is C11H19N3O2. The fourth-order valence-electron chi connectivity index (χ4n) is 1.68. The number of hydrogen-bond donors (Lipinski definition) is 1. The Balaban J connectivity index is 2.82.